The van der Waals surface area contributed by atoms with Gasteiger partial charge in [0, 0.05) is 13.6 Å². The summed E-state index contributed by atoms with van der Waals surface area (Å²) in [5, 5.41) is 0. The van der Waals surface area contributed by atoms with E-state index >= 15 is 0 Å². The normalized spacial score (nSPS) is 19.3. The molecule has 0 aliphatic heterocycles. The summed E-state index contributed by atoms with van der Waals surface area (Å²) in [5.74, 6) is 0. The van der Waals surface area contributed by atoms with E-state index in [0.717, 1.165) is 6.54 Å². The Bertz CT molecular complexity index is 238. The monoisotopic (exact) mass is 213 g/mol. The van der Waals surface area contributed by atoms with Gasteiger partial charge in [-0.1, -0.05) is 13.3 Å². The number of hydrogen-bond donors (Lipinski definition) is 0. The molecule has 0 N–H and O–H groups in total. The highest BCUT2D eigenvalue weighted by Gasteiger charge is 2.34. The smallest absolute Gasteiger partial charge is 0.410 e. The molecule has 0 unspecified atom stereocenters. The molecule has 0 heterocycles. The fourth-order valence-electron chi connectivity index (χ4n) is 1.92. The Morgan fingerprint density at radius 1 is 1.40 bits per heavy atom. The Kier molecular flexibility index (Phi) is 3.31. The van der Waals surface area contributed by atoms with Crippen LogP contribution in [-0.2, 0) is 4.74 Å². The standard InChI is InChI=1S/C12H23NO2/c1-11(2,3)15-10(14)13(5)9-12(4)7-6-8-12/h6-9H2,1-5H3. The Morgan fingerprint density at radius 2 is 1.93 bits per heavy atom. The van der Waals surface area contributed by atoms with E-state index in [2.05, 4.69) is 6.92 Å². The molecule has 1 saturated carbocycles. The molecular weight excluding hydrogens is 190 g/mol. The van der Waals surface area contributed by atoms with Crippen molar-refractivity contribution in [3.8, 4) is 0 Å². The van der Waals surface area contributed by atoms with Crippen molar-refractivity contribution >= 4 is 6.09 Å². The van der Waals surface area contributed by atoms with E-state index in [-0.39, 0.29) is 6.09 Å². The van der Waals surface area contributed by atoms with Crippen LogP contribution in [0.5, 0.6) is 0 Å². The molecule has 0 saturated heterocycles. The van der Waals surface area contributed by atoms with Crippen LogP contribution in [0.4, 0.5) is 4.79 Å². The highest BCUT2D eigenvalue weighted by atomic mass is 16.6. The summed E-state index contributed by atoms with van der Waals surface area (Å²) in [6.07, 6.45) is 3.52. The maximum absolute atomic E-state index is 11.7. The SMILES string of the molecule is CN(CC1(C)CCC1)C(=O)OC(C)(C)C. The highest BCUT2D eigenvalue weighted by Crippen LogP contribution is 2.40. The summed E-state index contributed by atoms with van der Waals surface area (Å²) >= 11 is 0. The summed E-state index contributed by atoms with van der Waals surface area (Å²) in [7, 11) is 1.82. The Hall–Kier alpha value is -0.730. The van der Waals surface area contributed by atoms with Crippen LogP contribution in [0.15, 0.2) is 0 Å². The molecule has 1 amide bonds. The first-order valence-electron chi connectivity index (χ1n) is 5.66. The van der Waals surface area contributed by atoms with Gasteiger partial charge in [0.15, 0.2) is 0 Å². The molecule has 0 atom stereocenters. The van der Waals surface area contributed by atoms with Crippen molar-refractivity contribution in [2.75, 3.05) is 13.6 Å². The molecule has 3 nitrogen and oxygen atoms in total. The van der Waals surface area contributed by atoms with E-state index in [1.54, 1.807) is 4.90 Å². The van der Waals surface area contributed by atoms with E-state index in [1.807, 2.05) is 27.8 Å². The van der Waals surface area contributed by atoms with Gasteiger partial charge in [0.2, 0.25) is 0 Å². The maximum atomic E-state index is 11.7. The first-order valence-corrected chi connectivity index (χ1v) is 5.66. The lowest BCUT2D eigenvalue weighted by Gasteiger charge is -2.41. The minimum absolute atomic E-state index is 0.212. The van der Waals surface area contributed by atoms with Crippen LogP contribution in [0.25, 0.3) is 0 Å². The quantitative estimate of drug-likeness (QED) is 0.705. The molecule has 0 spiro atoms. The lowest BCUT2D eigenvalue weighted by Crippen LogP contribution is -2.43. The van der Waals surface area contributed by atoms with E-state index in [4.69, 9.17) is 4.74 Å². The second-order valence-corrected chi connectivity index (χ2v) is 6.00. The van der Waals surface area contributed by atoms with Gasteiger partial charge >= 0.3 is 6.09 Å². The molecule has 0 aromatic rings. The molecule has 0 bridgehead atoms. The summed E-state index contributed by atoms with van der Waals surface area (Å²) in [6, 6.07) is 0. The number of carbonyl (C=O) groups is 1. The van der Waals surface area contributed by atoms with Gasteiger partial charge in [0.1, 0.15) is 5.60 Å². The van der Waals surface area contributed by atoms with Crippen molar-refractivity contribution in [2.24, 2.45) is 5.41 Å². The van der Waals surface area contributed by atoms with Crippen molar-refractivity contribution in [1.82, 2.24) is 4.90 Å². The van der Waals surface area contributed by atoms with E-state index in [0.29, 0.717) is 5.41 Å². The van der Waals surface area contributed by atoms with Crippen molar-refractivity contribution in [2.45, 2.75) is 52.6 Å². The van der Waals surface area contributed by atoms with Crippen LogP contribution in [0, 0.1) is 5.41 Å². The first-order chi connectivity index (χ1) is 6.72. The van der Waals surface area contributed by atoms with Crippen LogP contribution in [0.3, 0.4) is 0 Å². The minimum Gasteiger partial charge on any atom is -0.444 e. The van der Waals surface area contributed by atoms with Crippen LogP contribution >= 0.6 is 0 Å². The van der Waals surface area contributed by atoms with Gasteiger partial charge in [0.25, 0.3) is 0 Å². The van der Waals surface area contributed by atoms with Crippen molar-refractivity contribution in [1.29, 1.82) is 0 Å². The number of carbonyl (C=O) groups excluding carboxylic acids is 1. The molecule has 15 heavy (non-hydrogen) atoms. The molecule has 3 heteroatoms. The zero-order valence-corrected chi connectivity index (χ0v) is 10.6. The van der Waals surface area contributed by atoms with Gasteiger partial charge in [-0.05, 0) is 39.0 Å². The van der Waals surface area contributed by atoms with Crippen LogP contribution < -0.4 is 0 Å². The van der Waals surface area contributed by atoms with Crippen LogP contribution in [0.2, 0.25) is 0 Å². The molecule has 0 radical (unpaired) electrons. The Labute approximate surface area is 92.8 Å². The molecule has 1 aliphatic rings. The second kappa shape index (κ2) is 4.03. The zero-order valence-electron chi connectivity index (χ0n) is 10.6. The predicted octanol–water partition coefficient (Wildman–Crippen LogP) is 3.04. The van der Waals surface area contributed by atoms with Crippen molar-refractivity contribution < 1.29 is 9.53 Å². The zero-order chi connectivity index (χ0) is 11.7. The largest absolute Gasteiger partial charge is 0.444 e. The second-order valence-electron chi connectivity index (χ2n) is 6.00. The van der Waals surface area contributed by atoms with E-state index in [9.17, 15) is 4.79 Å². The summed E-state index contributed by atoms with van der Waals surface area (Å²) in [6.45, 7) is 8.72. The molecule has 1 fully saturated rings. The van der Waals surface area contributed by atoms with E-state index in [1.165, 1.54) is 19.3 Å². The maximum Gasteiger partial charge on any atom is 0.410 e. The van der Waals surface area contributed by atoms with Crippen molar-refractivity contribution in [3.63, 3.8) is 0 Å². The van der Waals surface area contributed by atoms with E-state index < -0.39 is 5.60 Å². The Morgan fingerprint density at radius 3 is 2.27 bits per heavy atom. The number of amides is 1. The molecule has 0 aromatic carbocycles. The van der Waals surface area contributed by atoms with Crippen LogP contribution in [-0.4, -0.2) is 30.2 Å². The lowest BCUT2D eigenvalue weighted by molar-refractivity contribution is 0.0144. The topological polar surface area (TPSA) is 29.5 Å². The number of ether oxygens (including phenoxy) is 1. The molecule has 1 rings (SSSR count). The average Bonchev–Trinajstić information content (AvgIpc) is 1.98. The number of hydrogen-bond acceptors (Lipinski definition) is 2. The number of nitrogens with zero attached hydrogens (tertiary/aromatic N) is 1. The lowest BCUT2D eigenvalue weighted by atomic mass is 9.70. The fraction of sp³-hybridized carbons (Fsp3) is 0.917. The molecule has 1 aliphatic carbocycles. The average molecular weight is 213 g/mol. The van der Waals surface area contributed by atoms with Gasteiger partial charge < -0.3 is 9.64 Å². The minimum atomic E-state index is -0.397. The van der Waals surface area contributed by atoms with Crippen molar-refractivity contribution in [3.05, 3.63) is 0 Å². The first kappa shape index (κ1) is 12.3. The Balaban J connectivity index is 2.39. The predicted molar refractivity (Wildman–Crippen MR) is 60.8 cm³/mol. The number of rotatable bonds is 2. The summed E-state index contributed by atoms with van der Waals surface area (Å²) < 4.78 is 5.30. The fourth-order valence-corrected chi connectivity index (χ4v) is 1.92. The van der Waals surface area contributed by atoms with Crippen LogP contribution in [0.1, 0.15) is 47.0 Å². The summed E-state index contributed by atoms with van der Waals surface area (Å²) in [4.78, 5) is 13.4. The third-order valence-electron chi connectivity index (χ3n) is 2.88. The third-order valence-corrected chi connectivity index (χ3v) is 2.88. The third kappa shape index (κ3) is 3.73. The van der Waals surface area contributed by atoms with Gasteiger partial charge in [0.05, 0.1) is 0 Å². The van der Waals surface area contributed by atoms with Gasteiger partial charge in [-0.3, -0.25) is 0 Å². The molecule has 88 valence electrons. The molecule has 0 aromatic heterocycles. The van der Waals surface area contributed by atoms with Gasteiger partial charge in [-0.2, -0.15) is 0 Å². The van der Waals surface area contributed by atoms with Gasteiger partial charge in [-0.15, -0.1) is 0 Å². The summed E-state index contributed by atoms with van der Waals surface area (Å²) in [5.41, 5.74) is -0.0719. The molecular formula is C12H23NO2. The van der Waals surface area contributed by atoms with Gasteiger partial charge in [-0.25, -0.2) is 4.79 Å². The highest BCUT2D eigenvalue weighted by molar-refractivity contribution is 5.67.